The van der Waals surface area contributed by atoms with Crippen molar-refractivity contribution in [2.75, 3.05) is 0 Å². The molecule has 126 valence electrons. The molecular weight excluding hydrogens is 329 g/mol. The highest BCUT2D eigenvalue weighted by Gasteiger charge is 2.10. The molecule has 0 bridgehead atoms. The third kappa shape index (κ3) is 3.57. The van der Waals surface area contributed by atoms with Crippen LogP contribution in [0.15, 0.2) is 77.5 Å². The first-order chi connectivity index (χ1) is 12.8. The first kappa shape index (κ1) is 15.9. The van der Waals surface area contributed by atoms with Crippen LogP contribution in [0.2, 0.25) is 0 Å². The van der Waals surface area contributed by atoms with Gasteiger partial charge in [-0.3, -0.25) is 4.98 Å². The molecule has 0 N–H and O–H groups in total. The highest BCUT2D eigenvalue weighted by molar-refractivity contribution is 5.70. The van der Waals surface area contributed by atoms with Crippen molar-refractivity contribution in [3.05, 3.63) is 90.0 Å². The summed E-state index contributed by atoms with van der Waals surface area (Å²) in [6.45, 7) is 0. The molecule has 2 heterocycles. The molecule has 0 fully saturated rings. The van der Waals surface area contributed by atoms with Gasteiger partial charge < -0.3 is 4.42 Å². The first-order valence-corrected chi connectivity index (χ1v) is 8.06. The maximum Gasteiger partial charge on any atom is 0.248 e. The van der Waals surface area contributed by atoms with E-state index in [1.54, 1.807) is 24.5 Å². The van der Waals surface area contributed by atoms with Crippen LogP contribution in [0.5, 0.6) is 0 Å². The van der Waals surface area contributed by atoms with Crippen LogP contribution in [0.4, 0.5) is 4.39 Å². The van der Waals surface area contributed by atoms with Crippen molar-refractivity contribution in [2.24, 2.45) is 0 Å². The van der Waals surface area contributed by atoms with Crippen molar-refractivity contribution in [3.8, 4) is 22.9 Å². The van der Waals surface area contributed by atoms with Gasteiger partial charge in [-0.1, -0.05) is 30.4 Å². The highest BCUT2D eigenvalue weighted by Crippen LogP contribution is 2.24. The average Bonchev–Trinajstić information content (AvgIpc) is 3.18. The first-order valence-electron chi connectivity index (χ1n) is 8.06. The maximum atomic E-state index is 13.0. The van der Waals surface area contributed by atoms with Gasteiger partial charge in [0.15, 0.2) is 0 Å². The summed E-state index contributed by atoms with van der Waals surface area (Å²) >= 11 is 0. The van der Waals surface area contributed by atoms with Gasteiger partial charge in [0, 0.05) is 23.5 Å². The summed E-state index contributed by atoms with van der Waals surface area (Å²) in [4.78, 5) is 4.08. The normalized spacial score (nSPS) is 11.1. The molecule has 0 aliphatic heterocycles. The van der Waals surface area contributed by atoms with Crippen molar-refractivity contribution >= 4 is 12.2 Å². The fourth-order valence-corrected chi connectivity index (χ4v) is 2.45. The quantitative estimate of drug-likeness (QED) is 0.517. The predicted molar refractivity (Wildman–Crippen MR) is 98.3 cm³/mol. The van der Waals surface area contributed by atoms with E-state index in [1.807, 2.05) is 48.6 Å². The van der Waals surface area contributed by atoms with E-state index in [0.717, 1.165) is 16.7 Å². The van der Waals surface area contributed by atoms with E-state index in [9.17, 15) is 4.39 Å². The van der Waals surface area contributed by atoms with Gasteiger partial charge in [-0.15, -0.1) is 10.2 Å². The molecule has 0 spiro atoms. The molecule has 0 aliphatic carbocycles. The molecule has 2 aromatic heterocycles. The summed E-state index contributed by atoms with van der Waals surface area (Å²) in [5, 5.41) is 8.10. The molecule has 26 heavy (non-hydrogen) atoms. The molecule has 0 saturated heterocycles. The van der Waals surface area contributed by atoms with Crippen LogP contribution in [-0.2, 0) is 0 Å². The minimum absolute atomic E-state index is 0.302. The van der Waals surface area contributed by atoms with Crippen LogP contribution >= 0.6 is 0 Å². The van der Waals surface area contributed by atoms with Gasteiger partial charge in [-0.05, 0) is 53.6 Å². The number of pyridine rings is 1. The lowest BCUT2D eigenvalue weighted by Gasteiger charge is -1.97. The van der Waals surface area contributed by atoms with Gasteiger partial charge in [0.25, 0.3) is 0 Å². The maximum absolute atomic E-state index is 13.0. The zero-order chi connectivity index (χ0) is 17.8. The molecule has 0 aliphatic rings. The zero-order valence-electron chi connectivity index (χ0n) is 13.7. The highest BCUT2D eigenvalue weighted by atomic mass is 19.1. The molecule has 2 aromatic carbocycles. The van der Waals surface area contributed by atoms with E-state index in [4.69, 9.17) is 4.42 Å². The van der Waals surface area contributed by atoms with Crippen molar-refractivity contribution in [1.29, 1.82) is 0 Å². The summed E-state index contributed by atoms with van der Waals surface area (Å²) in [6.07, 6.45) is 7.57. The molecule has 0 unspecified atom stereocenters. The molecule has 0 saturated carbocycles. The number of halogens is 1. The Labute approximate surface area is 149 Å². The Hall–Kier alpha value is -3.60. The number of aromatic nitrogens is 3. The fraction of sp³-hybridized carbons (Fsp3) is 0. The van der Waals surface area contributed by atoms with Gasteiger partial charge >= 0.3 is 0 Å². The van der Waals surface area contributed by atoms with Gasteiger partial charge in [-0.25, -0.2) is 4.39 Å². The number of benzene rings is 2. The van der Waals surface area contributed by atoms with Crippen molar-refractivity contribution < 1.29 is 8.81 Å². The summed E-state index contributed by atoms with van der Waals surface area (Å²) < 4.78 is 18.7. The number of nitrogens with zero attached hydrogens (tertiary/aromatic N) is 3. The van der Waals surface area contributed by atoms with Crippen LogP contribution in [-0.4, -0.2) is 15.2 Å². The largest absolute Gasteiger partial charge is 0.416 e. The third-order valence-electron chi connectivity index (χ3n) is 3.83. The second-order valence-electron chi connectivity index (χ2n) is 5.66. The monoisotopic (exact) mass is 343 g/mol. The molecule has 5 heteroatoms. The van der Waals surface area contributed by atoms with E-state index in [1.165, 1.54) is 12.1 Å². The SMILES string of the molecule is Fc1ccc(-c2nnc(-c3ccc(/C=C/c4cccnc4)cc3)o2)cc1. The summed E-state index contributed by atoms with van der Waals surface area (Å²) in [7, 11) is 0. The molecule has 4 nitrogen and oxygen atoms in total. The summed E-state index contributed by atoms with van der Waals surface area (Å²) in [5.41, 5.74) is 3.60. The van der Waals surface area contributed by atoms with Gasteiger partial charge in [0.05, 0.1) is 0 Å². The molecule has 0 radical (unpaired) electrons. The molecule has 4 rings (SSSR count). The Morgan fingerprint density at radius 2 is 1.35 bits per heavy atom. The zero-order valence-corrected chi connectivity index (χ0v) is 13.7. The van der Waals surface area contributed by atoms with Crippen LogP contribution in [0, 0.1) is 5.82 Å². The van der Waals surface area contributed by atoms with Gasteiger partial charge in [0.1, 0.15) is 5.82 Å². The smallest absolute Gasteiger partial charge is 0.248 e. The lowest BCUT2D eigenvalue weighted by atomic mass is 10.1. The van der Waals surface area contributed by atoms with Crippen LogP contribution in [0.1, 0.15) is 11.1 Å². The molecule has 0 atom stereocenters. The summed E-state index contributed by atoms with van der Waals surface area (Å²) in [5.74, 6) is 0.482. The molecule has 0 amide bonds. The second-order valence-corrected chi connectivity index (χ2v) is 5.66. The van der Waals surface area contributed by atoms with Crippen molar-refractivity contribution in [1.82, 2.24) is 15.2 Å². The van der Waals surface area contributed by atoms with E-state index >= 15 is 0 Å². The van der Waals surface area contributed by atoms with E-state index in [-0.39, 0.29) is 5.82 Å². The molecule has 4 aromatic rings. The average molecular weight is 343 g/mol. The fourth-order valence-electron chi connectivity index (χ4n) is 2.45. The van der Waals surface area contributed by atoms with Crippen molar-refractivity contribution in [3.63, 3.8) is 0 Å². The summed E-state index contributed by atoms with van der Waals surface area (Å²) in [6, 6.07) is 17.6. The minimum atomic E-state index is -0.302. The third-order valence-corrected chi connectivity index (χ3v) is 3.83. The lowest BCUT2D eigenvalue weighted by Crippen LogP contribution is -1.79. The van der Waals surface area contributed by atoms with Crippen LogP contribution < -0.4 is 0 Å². The Bertz CT molecular complexity index is 1020. The van der Waals surface area contributed by atoms with E-state index in [0.29, 0.717) is 17.3 Å². The van der Waals surface area contributed by atoms with Gasteiger partial charge in [0.2, 0.25) is 11.8 Å². The Morgan fingerprint density at radius 3 is 1.96 bits per heavy atom. The van der Waals surface area contributed by atoms with Gasteiger partial charge in [-0.2, -0.15) is 0 Å². The van der Waals surface area contributed by atoms with E-state index in [2.05, 4.69) is 15.2 Å². The standard InChI is InChI=1S/C21H14FN3O/c22-19-11-9-18(10-12-19)21-25-24-20(26-21)17-7-5-15(6-8-17)3-4-16-2-1-13-23-14-16/h1-14H/b4-3+. The minimum Gasteiger partial charge on any atom is -0.416 e. The van der Waals surface area contributed by atoms with Crippen molar-refractivity contribution in [2.45, 2.75) is 0 Å². The molecular formula is C21H14FN3O. The Balaban J connectivity index is 1.52. The van der Waals surface area contributed by atoms with Crippen LogP contribution in [0.3, 0.4) is 0 Å². The lowest BCUT2D eigenvalue weighted by molar-refractivity contribution is 0.584. The number of hydrogen-bond donors (Lipinski definition) is 0. The number of hydrogen-bond acceptors (Lipinski definition) is 4. The predicted octanol–water partition coefficient (Wildman–Crippen LogP) is 5.11. The Morgan fingerprint density at radius 1 is 0.731 bits per heavy atom. The topological polar surface area (TPSA) is 51.8 Å². The second kappa shape index (κ2) is 7.11. The number of rotatable bonds is 4. The van der Waals surface area contributed by atoms with E-state index < -0.39 is 0 Å². The Kier molecular flexibility index (Phi) is 4.35. The van der Waals surface area contributed by atoms with Crippen LogP contribution in [0.25, 0.3) is 35.1 Å².